The van der Waals surface area contributed by atoms with Crippen LogP contribution in [0.25, 0.3) is 0 Å². The highest BCUT2D eigenvalue weighted by Gasteiger charge is 2.43. The first-order valence-corrected chi connectivity index (χ1v) is 10.9. The second-order valence-electron chi connectivity index (χ2n) is 7.83. The lowest BCUT2D eigenvalue weighted by Gasteiger charge is -2.25. The molecule has 148 valence electrons. The van der Waals surface area contributed by atoms with Gasteiger partial charge in [-0.3, -0.25) is 4.21 Å². The molecule has 0 amide bonds. The molecule has 0 saturated carbocycles. The van der Waals surface area contributed by atoms with Crippen molar-refractivity contribution in [1.29, 1.82) is 0 Å². The summed E-state index contributed by atoms with van der Waals surface area (Å²) in [7, 11) is -1.29. The SMILES string of the molecule is Cc1ccc(S(=O)C(C)(C)C2=N[C@@H](c3ccccc3)[C@@H](c3ccccc3)O2)cc1. The minimum absolute atomic E-state index is 0.164. The van der Waals surface area contributed by atoms with Crippen LogP contribution in [0.4, 0.5) is 0 Å². The molecule has 4 rings (SSSR count). The Morgan fingerprint density at radius 3 is 1.97 bits per heavy atom. The summed E-state index contributed by atoms with van der Waals surface area (Å²) in [5.74, 6) is 0.541. The van der Waals surface area contributed by atoms with Gasteiger partial charge in [-0.1, -0.05) is 78.4 Å². The van der Waals surface area contributed by atoms with Gasteiger partial charge >= 0.3 is 0 Å². The zero-order valence-electron chi connectivity index (χ0n) is 16.9. The molecular formula is C25H25NO2S. The van der Waals surface area contributed by atoms with Crippen molar-refractivity contribution in [2.75, 3.05) is 0 Å². The fourth-order valence-electron chi connectivity index (χ4n) is 3.53. The molecule has 0 aliphatic carbocycles. The summed E-state index contributed by atoms with van der Waals surface area (Å²) < 4.78 is 19.1. The van der Waals surface area contributed by atoms with Crippen LogP contribution in [-0.2, 0) is 15.5 Å². The van der Waals surface area contributed by atoms with Gasteiger partial charge in [0.05, 0.1) is 10.8 Å². The average Bonchev–Trinajstić information content (AvgIpc) is 3.21. The zero-order chi connectivity index (χ0) is 20.4. The number of rotatable bonds is 5. The maximum absolute atomic E-state index is 13.4. The molecule has 3 aromatic rings. The minimum atomic E-state index is -1.29. The normalized spacial score (nSPS) is 20.0. The highest BCUT2D eigenvalue weighted by Crippen LogP contribution is 2.43. The first kappa shape index (κ1) is 19.6. The molecule has 0 fully saturated rings. The Balaban J connectivity index is 1.71. The minimum Gasteiger partial charge on any atom is -0.469 e. The molecule has 1 aliphatic heterocycles. The number of benzene rings is 3. The fourth-order valence-corrected chi connectivity index (χ4v) is 4.77. The molecule has 4 heteroatoms. The van der Waals surface area contributed by atoms with Crippen LogP contribution in [0.5, 0.6) is 0 Å². The van der Waals surface area contributed by atoms with Crippen molar-refractivity contribution in [2.45, 2.75) is 42.6 Å². The van der Waals surface area contributed by atoms with Crippen LogP contribution in [0.3, 0.4) is 0 Å². The molecule has 3 atom stereocenters. The summed E-state index contributed by atoms with van der Waals surface area (Å²) in [5.41, 5.74) is 3.30. The molecule has 0 N–H and O–H groups in total. The van der Waals surface area contributed by atoms with Crippen molar-refractivity contribution in [3.8, 4) is 0 Å². The number of ether oxygens (including phenoxy) is 1. The van der Waals surface area contributed by atoms with E-state index >= 15 is 0 Å². The quantitative estimate of drug-likeness (QED) is 0.541. The summed E-state index contributed by atoms with van der Waals surface area (Å²) in [4.78, 5) is 5.74. The molecule has 1 heterocycles. The second-order valence-corrected chi connectivity index (χ2v) is 9.86. The zero-order valence-corrected chi connectivity index (χ0v) is 17.7. The van der Waals surface area contributed by atoms with Gasteiger partial charge in [-0.25, -0.2) is 4.99 Å². The van der Waals surface area contributed by atoms with E-state index in [1.54, 1.807) is 0 Å². The highest BCUT2D eigenvalue weighted by atomic mass is 32.2. The van der Waals surface area contributed by atoms with Gasteiger partial charge in [-0.15, -0.1) is 0 Å². The highest BCUT2D eigenvalue weighted by molar-refractivity contribution is 7.87. The topological polar surface area (TPSA) is 38.7 Å². The first-order valence-electron chi connectivity index (χ1n) is 9.80. The van der Waals surface area contributed by atoms with Crippen LogP contribution in [0.15, 0.2) is 94.8 Å². The van der Waals surface area contributed by atoms with E-state index in [0.29, 0.717) is 5.90 Å². The summed E-state index contributed by atoms with van der Waals surface area (Å²) in [5, 5.41) is 0. The molecule has 29 heavy (non-hydrogen) atoms. The molecule has 3 nitrogen and oxygen atoms in total. The Morgan fingerprint density at radius 2 is 1.38 bits per heavy atom. The molecular weight excluding hydrogens is 378 g/mol. The molecule has 0 bridgehead atoms. The third-order valence-electron chi connectivity index (χ3n) is 5.26. The lowest BCUT2D eigenvalue weighted by atomic mass is 9.97. The molecule has 0 saturated heterocycles. The number of hydrogen-bond donors (Lipinski definition) is 0. The second kappa shape index (κ2) is 7.96. The van der Waals surface area contributed by atoms with Gasteiger partial charge in [-0.05, 0) is 44.0 Å². The first-order chi connectivity index (χ1) is 14.0. The van der Waals surface area contributed by atoms with Crippen molar-refractivity contribution < 1.29 is 8.95 Å². The molecule has 0 aromatic heterocycles. The Bertz CT molecular complexity index is 1030. The number of hydrogen-bond acceptors (Lipinski definition) is 3. The maximum atomic E-state index is 13.4. The molecule has 0 radical (unpaired) electrons. The predicted molar refractivity (Wildman–Crippen MR) is 119 cm³/mol. The van der Waals surface area contributed by atoms with E-state index in [4.69, 9.17) is 9.73 Å². The Morgan fingerprint density at radius 1 is 0.828 bits per heavy atom. The van der Waals surface area contributed by atoms with Gasteiger partial charge in [0.1, 0.15) is 10.8 Å². The number of aryl methyl sites for hydroxylation is 1. The van der Waals surface area contributed by atoms with Gasteiger partial charge in [0.2, 0.25) is 5.90 Å². The summed E-state index contributed by atoms with van der Waals surface area (Å²) in [6, 6.07) is 27.9. The Kier molecular flexibility index (Phi) is 5.37. The van der Waals surface area contributed by atoms with Crippen molar-refractivity contribution in [2.24, 2.45) is 4.99 Å². The van der Waals surface area contributed by atoms with Crippen molar-refractivity contribution in [3.63, 3.8) is 0 Å². The number of nitrogens with zero attached hydrogens (tertiary/aromatic N) is 1. The number of aliphatic imine (C=N–C) groups is 1. The van der Waals surface area contributed by atoms with E-state index in [-0.39, 0.29) is 12.1 Å². The third-order valence-corrected chi connectivity index (χ3v) is 7.07. The smallest absolute Gasteiger partial charge is 0.203 e. The van der Waals surface area contributed by atoms with Crippen LogP contribution in [-0.4, -0.2) is 14.9 Å². The standard InChI is InChI=1S/C25H25NO2S/c1-18-14-16-21(17-15-18)29(27)25(2,3)24-26-22(19-10-6-4-7-11-19)23(28-24)20-12-8-5-9-13-20/h4-17,22-23H,1-3H3/t22-,23+,29?/m0/s1. The molecule has 1 aliphatic rings. The van der Waals surface area contributed by atoms with Crippen LogP contribution in [0.2, 0.25) is 0 Å². The summed E-state index contributed by atoms with van der Waals surface area (Å²) >= 11 is 0. The fraction of sp³-hybridized carbons (Fsp3) is 0.240. The van der Waals surface area contributed by atoms with E-state index in [2.05, 4.69) is 24.3 Å². The predicted octanol–water partition coefficient (Wildman–Crippen LogP) is 5.79. The monoisotopic (exact) mass is 403 g/mol. The lowest BCUT2D eigenvalue weighted by Crippen LogP contribution is -2.37. The average molecular weight is 404 g/mol. The van der Waals surface area contributed by atoms with Gasteiger partial charge < -0.3 is 4.74 Å². The van der Waals surface area contributed by atoms with E-state index in [9.17, 15) is 4.21 Å². The molecule has 0 spiro atoms. The van der Waals surface area contributed by atoms with Crippen molar-refractivity contribution in [3.05, 3.63) is 102 Å². The summed E-state index contributed by atoms with van der Waals surface area (Å²) in [6.45, 7) is 5.91. The van der Waals surface area contributed by atoms with Gasteiger partial charge in [-0.2, -0.15) is 0 Å². The van der Waals surface area contributed by atoms with E-state index < -0.39 is 15.5 Å². The van der Waals surface area contributed by atoms with Gasteiger partial charge in [0.25, 0.3) is 0 Å². The Labute approximate surface area is 174 Å². The third kappa shape index (κ3) is 3.90. The molecule has 3 aromatic carbocycles. The molecule has 1 unspecified atom stereocenters. The maximum Gasteiger partial charge on any atom is 0.203 e. The van der Waals surface area contributed by atoms with Crippen LogP contribution >= 0.6 is 0 Å². The van der Waals surface area contributed by atoms with E-state index in [1.807, 2.05) is 81.4 Å². The van der Waals surface area contributed by atoms with E-state index in [0.717, 1.165) is 21.6 Å². The van der Waals surface area contributed by atoms with E-state index in [1.165, 1.54) is 0 Å². The van der Waals surface area contributed by atoms with Gasteiger partial charge in [0.15, 0.2) is 6.10 Å². The van der Waals surface area contributed by atoms with Crippen LogP contribution in [0.1, 0.15) is 42.7 Å². The van der Waals surface area contributed by atoms with Crippen molar-refractivity contribution in [1.82, 2.24) is 0 Å². The van der Waals surface area contributed by atoms with Crippen LogP contribution in [0, 0.1) is 6.92 Å². The van der Waals surface area contributed by atoms with Crippen molar-refractivity contribution >= 4 is 16.7 Å². The largest absolute Gasteiger partial charge is 0.469 e. The van der Waals surface area contributed by atoms with Crippen LogP contribution < -0.4 is 0 Å². The Hall–Kier alpha value is -2.72. The van der Waals surface area contributed by atoms with Gasteiger partial charge in [0, 0.05) is 4.90 Å². The lowest BCUT2D eigenvalue weighted by molar-refractivity contribution is 0.189. The summed E-state index contributed by atoms with van der Waals surface area (Å²) in [6.07, 6.45) is -0.233.